The molecule has 16 heavy (non-hydrogen) atoms. The highest BCUT2D eigenvalue weighted by molar-refractivity contribution is 4.81. The smallest absolute Gasteiger partial charge is 0.380 e. The average molecular weight is 239 g/mol. The molecule has 5 heteroatoms. The van der Waals surface area contributed by atoms with E-state index in [1.54, 1.807) is 0 Å². The molecule has 0 saturated heterocycles. The molecule has 1 fully saturated rings. The maximum Gasteiger partial charge on any atom is 0.391 e. The Morgan fingerprint density at radius 3 is 2.69 bits per heavy atom. The van der Waals surface area contributed by atoms with Crippen LogP contribution in [0.3, 0.4) is 0 Å². The van der Waals surface area contributed by atoms with E-state index in [1.165, 1.54) is 0 Å². The summed E-state index contributed by atoms with van der Waals surface area (Å²) in [5.41, 5.74) is 0. The van der Waals surface area contributed by atoms with E-state index >= 15 is 0 Å². The summed E-state index contributed by atoms with van der Waals surface area (Å²) >= 11 is 0. The zero-order chi connectivity index (χ0) is 12.0. The Morgan fingerprint density at radius 1 is 1.31 bits per heavy atom. The van der Waals surface area contributed by atoms with Gasteiger partial charge in [0, 0.05) is 19.2 Å². The molecule has 1 rings (SSSR count). The van der Waals surface area contributed by atoms with Crippen molar-refractivity contribution in [3.05, 3.63) is 0 Å². The van der Waals surface area contributed by atoms with E-state index in [1.807, 2.05) is 6.92 Å². The van der Waals surface area contributed by atoms with Gasteiger partial charge in [0.05, 0.1) is 12.5 Å². The van der Waals surface area contributed by atoms with Gasteiger partial charge in [-0.1, -0.05) is 6.42 Å². The maximum atomic E-state index is 12.5. The van der Waals surface area contributed by atoms with Crippen LogP contribution in [0.15, 0.2) is 0 Å². The Hall–Kier alpha value is -0.290. The second-order valence-corrected chi connectivity index (χ2v) is 4.25. The van der Waals surface area contributed by atoms with Crippen LogP contribution in [0.2, 0.25) is 0 Å². The number of nitrogens with one attached hydrogen (secondary N) is 1. The van der Waals surface area contributed by atoms with Crippen LogP contribution in [0.5, 0.6) is 0 Å². The second kappa shape index (κ2) is 6.45. The van der Waals surface area contributed by atoms with Crippen molar-refractivity contribution in [2.75, 3.05) is 19.8 Å². The fraction of sp³-hybridized carbons (Fsp3) is 1.00. The van der Waals surface area contributed by atoms with Gasteiger partial charge in [-0.25, -0.2) is 0 Å². The van der Waals surface area contributed by atoms with Crippen molar-refractivity contribution < 1.29 is 17.9 Å². The summed E-state index contributed by atoms with van der Waals surface area (Å²) in [5, 5.41) is 3.13. The molecule has 0 spiro atoms. The molecule has 0 aromatic heterocycles. The van der Waals surface area contributed by atoms with Gasteiger partial charge in [-0.05, 0) is 26.2 Å². The summed E-state index contributed by atoms with van der Waals surface area (Å²) in [4.78, 5) is 0. The van der Waals surface area contributed by atoms with E-state index < -0.39 is 12.1 Å². The van der Waals surface area contributed by atoms with Crippen molar-refractivity contribution in [3.63, 3.8) is 0 Å². The van der Waals surface area contributed by atoms with E-state index in [2.05, 4.69) is 5.32 Å². The minimum Gasteiger partial charge on any atom is -0.380 e. The van der Waals surface area contributed by atoms with Crippen LogP contribution >= 0.6 is 0 Å². The first-order valence-electron chi connectivity index (χ1n) is 5.92. The fourth-order valence-corrected chi connectivity index (χ4v) is 2.15. The molecular formula is C11H20F3NO. The Kier molecular flexibility index (Phi) is 5.55. The van der Waals surface area contributed by atoms with E-state index in [4.69, 9.17) is 4.74 Å². The predicted molar refractivity (Wildman–Crippen MR) is 56.3 cm³/mol. The van der Waals surface area contributed by atoms with Crippen molar-refractivity contribution in [3.8, 4) is 0 Å². The zero-order valence-corrected chi connectivity index (χ0v) is 9.65. The number of halogens is 3. The van der Waals surface area contributed by atoms with Crippen LogP contribution in [0.25, 0.3) is 0 Å². The lowest BCUT2D eigenvalue weighted by molar-refractivity contribution is -0.183. The van der Waals surface area contributed by atoms with Crippen molar-refractivity contribution in [2.45, 2.75) is 44.8 Å². The predicted octanol–water partition coefficient (Wildman–Crippen LogP) is 2.73. The van der Waals surface area contributed by atoms with E-state index in [9.17, 15) is 13.2 Å². The van der Waals surface area contributed by atoms with Gasteiger partial charge in [0.2, 0.25) is 0 Å². The third-order valence-electron chi connectivity index (χ3n) is 3.02. The Labute approximate surface area is 94.5 Å². The molecule has 0 amide bonds. The molecule has 2 atom stereocenters. The average Bonchev–Trinajstić information content (AvgIpc) is 2.24. The molecule has 0 heterocycles. The Balaban J connectivity index is 2.23. The van der Waals surface area contributed by atoms with E-state index in [0.29, 0.717) is 26.2 Å². The van der Waals surface area contributed by atoms with Crippen molar-refractivity contribution in [1.82, 2.24) is 5.32 Å². The first kappa shape index (κ1) is 13.8. The number of ether oxygens (including phenoxy) is 1. The van der Waals surface area contributed by atoms with Gasteiger partial charge in [-0.15, -0.1) is 0 Å². The highest BCUT2D eigenvalue weighted by Crippen LogP contribution is 2.37. The molecule has 0 radical (unpaired) electrons. The Bertz CT molecular complexity index is 196. The second-order valence-electron chi connectivity index (χ2n) is 4.25. The summed E-state index contributed by atoms with van der Waals surface area (Å²) in [6.07, 6.45) is -2.02. The minimum atomic E-state index is -4.03. The van der Waals surface area contributed by atoms with Crippen molar-refractivity contribution in [1.29, 1.82) is 0 Å². The number of alkyl halides is 3. The normalized spacial score (nSPS) is 27.0. The van der Waals surface area contributed by atoms with Crippen LogP contribution in [0.1, 0.15) is 32.6 Å². The highest BCUT2D eigenvalue weighted by Gasteiger charge is 2.41. The molecule has 1 N–H and O–H groups in total. The first-order chi connectivity index (χ1) is 7.54. The van der Waals surface area contributed by atoms with Gasteiger partial charge in [0.25, 0.3) is 0 Å². The lowest BCUT2D eigenvalue weighted by atomic mass is 9.85. The molecular weight excluding hydrogens is 219 g/mol. The molecule has 1 saturated carbocycles. The number of hydrogen-bond donors (Lipinski definition) is 1. The molecule has 0 aromatic carbocycles. The quantitative estimate of drug-likeness (QED) is 0.745. The maximum absolute atomic E-state index is 12.5. The Morgan fingerprint density at radius 2 is 2.06 bits per heavy atom. The summed E-state index contributed by atoms with van der Waals surface area (Å²) < 4.78 is 42.6. The fourth-order valence-electron chi connectivity index (χ4n) is 2.15. The number of hydrogen-bond acceptors (Lipinski definition) is 2. The van der Waals surface area contributed by atoms with Crippen LogP contribution < -0.4 is 5.32 Å². The summed E-state index contributed by atoms with van der Waals surface area (Å²) in [6.45, 7) is 3.77. The molecule has 2 unspecified atom stereocenters. The molecule has 2 nitrogen and oxygen atoms in total. The van der Waals surface area contributed by atoms with Crippen molar-refractivity contribution >= 4 is 0 Å². The van der Waals surface area contributed by atoms with Gasteiger partial charge in [-0.2, -0.15) is 13.2 Å². The van der Waals surface area contributed by atoms with E-state index in [-0.39, 0.29) is 18.9 Å². The van der Waals surface area contributed by atoms with Crippen LogP contribution in [-0.4, -0.2) is 32.0 Å². The van der Waals surface area contributed by atoms with Crippen molar-refractivity contribution in [2.24, 2.45) is 5.92 Å². The zero-order valence-electron chi connectivity index (χ0n) is 9.65. The lowest BCUT2D eigenvalue weighted by Crippen LogP contribution is -2.40. The molecule has 0 aliphatic heterocycles. The van der Waals surface area contributed by atoms with Gasteiger partial charge in [0.1, 0.15) is 0 Å². The van der Waals surface area contributed by atoms with Gasteiger partial charge in [-0.3, -0.25) is 0 Å². The summed E-state index contributed by atoms with van der Waals surface area (Å²) in [6, 6.07) is 0.000770. The molecule has 1 aliphatic rings. The first-order valence-corrected chi connectivity index (χ1v) is 5.92. The highest BCUT2D eigenvalue weighted by atomic mass is 19.4. The molecule has 0 aromatic rings. The topological polar surface area (TPSA) is 21.3 Å². The monoisotopic (exact) mass is 239 g/mol. The third-order valence-corrected chi connectivity index (χ3v) is 3.02. The molecule has 0 bridgehead atoms. The molecule has 96 valence electrons. The largest absolute Gasteiger partial charge is 0.391 e. The minimum absolute atomic E-state index is 0.000770. The number of rotatable bonds is 5. The SMILES string of the molecule is CCOCCNC1CCCC(C(F)(F)F)C1. The van der Waals surface area contributed by atoms with Crippen LogP contribution in [0.4, 0.5) is 13.2 Å². The van der Waals surface area contributed by atoms with Gasteiger partial charge >= 0.3 is 6.18 Å². The third kappa shape index (κ3) is 4.70. The van der Waals surface area contributed by atoms with Crippen LogP contribution in [0, 0.1) is 5.92 Å². The standard InChI is InChI=1S/C11H20F3NO/c1-2-16-7-6-15-10-5-3-4-9(8-10)11(12,13)14/h9-10,15H,2-8H2,1H3. The van der Waals surface area contributed by atoms with E-state index in [0.717, 1.165) is 6.42 Å². The van der Waals surface area contributed by atoms with Gasteiger partial charge < -0.3 is 10.1 Å². The lowest BCUT2D eigenvalue weighted by Gasteiger charge is -2.31. The summed E-state index contributed by atoms with van der Waals surface area (Å²) in [5.74, 6) is -1.12. The summed E-state index contributed by atoms with van der Waals surface area (Å²) in [7, 11) is 0. The van der Waals surface area contributed by atoms with Crippen LogP contribution in [-0.2, 0) is 4.74 Å². The van der Waals surface area contributed by atoms with Gasteiger partial charge in [0.15, 0.2) is 0 Å². The molecule has 1 aliphatic carbocycles.